The number of phenolic OH excluding ortho intramolecular Hbond substituents is 8. The van der Waals surface area contributed by atoms with E-state index in [1.165, 1.54) is 18.2 Å². The highest BCUT2D eigenvalue weighted by Gasteiger charge is 2.24. The smallest absolute Gasteiger partial charge is 0.298 e. The zero-order valence-electron chi connectivity index (χ0n) is 28.5. The molecule has 0 aliphatic carbocycles. The molecule has 0 spiro atoms. The number of hydrogen-bond donors (Lipinski definition) is 13. The Morgan fingerprint density at radius 1 is 0.404 bits per heavy atom. The van der Waals surface area contributed by atoms with Crippen molar-refractivity contribution in [2.75, 3.05) is 5.75 Å². The van der Waals surface area contributed by atoms with Crippen LogP contribution in [0.25, 0.3) is 0 Å². The molecule has 28 heteroatoms. The molecule has 0 bridgehead atoms. The zero-order chi connectivity index (χ0) is 44.5. The van der Waals surface area contributed by atoms with Gasteiger partial charge in [0.1, 0.15) is 42.6 Å². The molecule has 4 aromatic rings. The second-order valence-electron chi connectivity index (χ2n) is 10.9. The number of phenols is 8. The average Bonchev–Trinajstić information content (AvgIpc) is 3.01. The van der Waals surface area contributed by atoms with E-state index in [2.05, 4.69) is 0 Å². The van der Waals surface area contributed by atoms with Gasteiger partial charge in [-0.05, 0) is 60.4 Å². The van der Waals surface area contributed by atoms with Crippen LogP contribution in [0.3, 0.4) is 0 Å². The van der Waals surface area contributed by atoms with Crippen molar-refractivity contribution in [3.05, 3.63) is 71.8 Å². The topological polar surface area (TPSA) is 434 Å². The van der Waals surface area contributed by atoms with E-state index in [9.17, 15) is 47.2 Å². The molecule has 0 atom stereocenters. The predicted molar refractivity (Wildman–Crippen MR) is 192 cm³/mol. The van der Waals surface area contributed by atoms with Gasteiger partial charge in [-0.1, -0.05) is 19.4 Å². The zero-order valence-corrected chi connectivity index (χ0v) is 32.6. The van der Waals surface area contributed by atoms with Gasteiger partial charge >= 0.3 is 0 Å². The third-order valence-electron chi connectivity index (χ3n) is 6.46. The summed E-state index contributed by atoms with van der Waals surface area (Å²) in [4.78, 5) is -3.27. The van der Waals surface area contributed by atoms with Gasteiger partial charge in [-0.3, -0.25) is 22.8 Å². The summed E-state index contributed by atoms with van der Waals surface area (Å²) < 4.78 is 149. The minimum absolute atomic E-state index is 0.0900. The molecular formula is C29H34O23S5. The van der Waals surface area contributed by atoms with Crippen molar-refractivity contribution in [3.8, 4) is 46.0 Å². The van der Waals surface area contributed by atoms with Crippen LogP contribution in [0.2, 0.25) is 0 Å². The summed E-state index contributed by atoms with van der Waals surface area (Å²) in [6.07, 6.45) is 1.14. The summed E-state index contributed by atoms with van der Waals surface area (Å²) >= 11 is 0. The van der Waals surface area contributed by atoms with Crippen LogP contribution in [0.5, 0.6) is 46.0 Å². The molecule has 4 aromatic carbocycles. The molecule has 318 valence electrons. The van der Waals surface area contributed by atoms with Crippen molar-refractivity contribution in [2.45, 2.75) is 45.8 Å². The molecule has 0 radical (unpaired) electrons. The van der Waals surface area contributed by atoms with Crippen LogP contribution in [0.4, 0.5) is 0 Å². The van der Waals surface area contributed by atoms with Crippen LogP contribution in [0.15, 0.2) is 80.2 Å². The third kappa shape index (κ3) is 16.5. The van der Waals surface area contributed by atoms with Gasteiger partial charge in [0, 0.05) is 18.2 Å². The molecule has 0 amide bonds. The predicted octanol–water partition coefficient (Wildman–Crippen LogP) is 1.76. The molecule has 0 saturated carbocycles. The Hall–Kier alpha value is -5.17. The fraction of sp³-hybridized carbons (Fsp3) is 0.172. The Morgan fingerprint density at radius 3 is 1.25 bits per heavy atom. The molecule has 0 heterocycles. The van der Waals surface area contributed by atoms with Crippen molar-refractivity contribution >= 4 is 50.6 Å². The Balaban J connectivity index is 0.000000382. The number of aryl methyl sites for hydroxylation is 2. The van der Waals surface area contributed by atoms with E-state index in [1.807, 2.05) is 6.92 Å². The summed E-state index contributed by atoms with van der Waals surface area (Å²) in [7, 11) is -22.5. The van der Waals surface area contributed by atoms with Crippen LogP contribution in [0.1, 0.15) is 24.5 Å². The highest BCUT2D eigenvalue weighted by Crippen LogP contribution is 2.34. The standard InChI is InChI=1S/C9H12O5S.C8H10O5S.C6H6O8S2.C6H6O5S/c1-2-3-6-4-7(10)8(11)5-9(6)15(12,13)14;9-7-2-1-6(5-8(7)10)3-4-14(11,12)13;7-3-1-4(8)6(16(12,13)14)2-5(3)15(9,10)11;7-4-1-2-6(5(8)3-4)12(9,10)11/h4-5,10-11H,2-3H2,1H3,(H,12,13,14);1-2,5,9-10H,3-4H2,(H,11,12,13);1-2,7-8H,(H,9,10,11)(H,12,13,14);1-3,7-8H,(H,9,10,11). The fourth-order valence-electron chi connectivity index (χ4n) is 3.95. The number of rotatable bonds is 9. The first-order valence-electron chi connectivity index (χ1n) is 14.7. The lowest BCUT2D eigenvalue weighted by molar-refractivity contribution is 0.400. The summed E-state index contributed by atoms with van der Waals surface area (Å²) in [6.45, 7) is 1.83. The van der Waals surface area contributed by atoms with E-state index in [0.29, 0.717) is 24.5 Å². The highest BCUT2D eigenvalue weighted by atomic mass is 32.2. The Bertz CT molecular complexity index is 2590. The van der Waals surface area contributed by atoms with E-state index in [4.69, 9.17) is 58.5 Å². The molecule has 0 aliphatic heterocycles. The molecule has 0 saturated heterocycles. The van der Waals surface area contributed by atoms with Gasteiger partial charge in [-0.15, -0.1) is 0 Å². The molecule has 0 aliphatic rings. The maximum absolute atomic E-state index is 11.0. The average molecular weight is 911 g/mol. The van der Waals surface area contributed by atoms with Crippen molar-refractivity contribution in [2.24, 2.45) is 0 Å². The second-order valence-corrected chi connectivity index (χ2v) is 18.0. The molecular weight excluding hydrogens is 877 g/mol. The van der Waals surface area contributed by atoms with Gasteiger partial charge in [0.05, 0.1) is 5.75 Å². The van der Waals surface area contributed by atoms with Crippen molar-refractivity contribution in [1.29, 1.82) is 0 Å². The van der Waals surface area contributed by atoms with Crippen LogP contribution >= 0.6 is 0 Å². The van der Waals surface area contributed by atoms with Crippen molar-refractivity contribution < 1.29 is 106 Å². The Morgan fingerprint density at radius 2 is 0.842 bits per heavy atom. The van der Waals surface area contributed by atoms with Gasteiger partial charge in [-0.25, -0.2) is 0 Å². The van der Waals surface area contributed by atoms with E-state index >= 15 is 0 Å². The summed E-state index contributed by atoms with van der Waals surface area (Å²) in [5.41, 5.74) is 0.813. The van der Waals surface area contributed by atoms with E-state index in [-0.39, 0.29) is 40.2 Å². The van der Waals surface area contributed by atoms with Gasteiger partial charge in [-0.2, -0.15) is 42.1 Å². The van der Waals surface area contributed by atoms with Crippen LogP contribution in [0, 0.1) is 0 Å². The molecule has 13 N–H and O–H groups in total. The maximum atomic E-state index is 11.0. The minimum Gasteiger partial charge on any atom is -0.508 e. The first kappa shape index (κ1) is 49.8. The van der Waals surface area contributed by atoms with E-state index < -0.39 is 99.8 Å². The van der Waals surface area contributed by atoms with Gasteiger partial charge in [0.15, 0.2) is 23.0 Å². The van der Waals surface area contributed by atoms with Crippen molar-refractivity contribution in [1.82, 2.24) is 0 Å². The molecule has 23 nitrogen and oxygen atoms in total. The summed E-state index contributed by atoms with van der Waals surface area (Å²) in [6, 6.07) is 9.33. The SMILES string of the molecule is CCCc1cc(O)c(O)cc1S(=O)(=O)O.O=S(=O)(O)CCc1ccc(O)c(O)c1.O=S(=O)(O)c1cc(S(=O)(=O)O)c(O)cc1O.O=S(=O)(O)c1ccc(O)cc1O. The monoisotopic (exact) mass is 910 g/mol. The highest BCUT2D eigenvalue weighted by molar-refractivity contribution is 7.87. The lowest BCUT2D eigenvalue weighted by Crippen LogP contribution is -2.06. The molecule has 0 aromatic heterocycles. The lowest BCUT2D eigenvalue weighted by Gasteiger charge is -2.07. The summed E-state index contributed by atoms with van der Waals surface area (Å²) in [5, 5.41) is 72.1. The first-order valence-corrected chi connectivity index (χ1v) is 22.0. The van der Waals surface area contributed by atoms with E-state index in [1.54, 1.807) is 0 Å². The second kappa shape index (κ2) is 19.3. The van der Waals surface area contributed by atoms with Gasteiger partial charge < -0.3 is 40.9 Å². The fourth-order valence-corrected chi connectivity index (χ4v) is 7.02. The largest absolute Gasteiger partial charge is 0.508 e. The number of hydrogen-bond acceptors (Lipinski definition) is 18. The van der Waals surface area contributed by atoms with Gasteiger partial charge in [0.2, 0.25) is 0 Å². The van der Waals surface area contributed by atoms with Gasteiger partial charge in [0.25, 0.3) is 50.6 Å². The van der Waals surface area contributed by atoms with E-state index in [0.717, 1.165) is 30.3 Å². The normalized spacial score (nSPS) is 11.8. The van der Waals surface area contributed by atoms with Crippen LogP contribution < -0.4 is 0 Å². The quantitative estimate of drug-likeness (QED) is 0.0840. The van der Waals surface area contributed by atoms with Crippen LogP contribution in [-0.4, -0.2) is 111 Å². The molecule has 0 unspecified atom stereocenters. The molecule has 57 heavy (non-hydrogen) atoms. The molecule has 4 rings (SSSR count). The number of benzene rings is 4. The first-order chi connectivity index (χ1) is 25.7. The third-order valence-corrected chi connectivity index (χ3v) is 10.8. The van der Waals surface area contributed by atoms with Crippen LogP contribution in [-0.2, 0) is 63.4 Å². The Kier molecular flexibility index (Phi) is 16.9. The lowest BCUT2D eigenvalue weighted by atomic mass is 10.1. The maximum Gasteiger partial charge on any atom is 0.298 e. The van der Waals surface area contributed by atoms with Crippen molar-refractivity contribution in [3.63, 3.8) is 0 Å². The minimum atomic E-state index is -4.87. The number of aromatic hydroxyl groups is 8. The summed E-state index contributed by atoms with van der Waals surface area (Å²) in [5.74, 6) is -5.00. The Labute approximate surface area is 324 Å². The molecule has 0 fully saturated rings.